The molecule has 0 unspecified atom stereocenters. The predicted molar refractivity (Wildman–Crippen MR) is 57.6 cm³/mol. The van der Waals surface area contributed by atoms with E-state index in [-0.39, 0.29) is 5.54 Å². The van der Waals surface area contributed by atoms with Gasteiger partial charge in [-0.3, -0.25) is 0 Å². The molecule has 1 aliphatic heterocycles. The fraction of sp³-hybridized carbons (Fsp3) is 0.500. The molecule has 76 valence electrons. The van der Waals surface area contributed by atoms with Crippen LogP contribution >= 0.6 is 0 Å². The van der Waals surface area contributed by atoms with Crippen molar-refractivity contribution in [2.24, 2.45) is 5.73 Å². The molecule has 2 N–H and O–H groups in total. The van der Waals surface area contributed by atoms with Crippen molar-refractivity contribution in [2.45, 2.75) is 32.2 Å². The number of benzene rings is 1. The van der Waals surface area contributed by atoms with Gasteiger partial charge in [-0.05, 0) is 37.5 Å². The monoisotopic (exact) mass is 191 g/mol. The Morgan fingerprint density at radius 1 is 1.43 bits per heavy atom. The van der Waals surface area contributed by atoms with Gasteiger partial charge in [0.2, 0.25) is 0 Å². The third-order valence-corrected chi connectivity index (χ3v) is 2.41. The molecule has 14 heavy (non-hydrogen) atoms. The predicted octanol–water partition coefficient (Wildman–Crippen LogP) is 1.90. The molecule has 2 nitrogen and oxygen atoms in total. The third-order valence-electron chi connectivity index (χ3n) is 2.41. The van der Waals surface area contributed by atoms with Crippen LogP contribution in [0.4, 0.5) is 0 Å². The van der Waals surface area contributed by atoms with Gasteiger partial charge >= 0.3 is 0 Å². The summed E-state index contributed by atoms with van der Waals surface area (Å²) in [4.78, 5) is 0. The van der Waals surface area contributed by atoms with Crippen molar-refractivity contribution < 1.29 is 4.74 Å². The molecule has 0 bridgehead atoms. The van der Waals surface area contributed by atoms with Gasteiger partial charge in [0.25, 0.3) is 0 Å². The van der Waals surface area contributed by atoms with Crippen molar-refractivity contribution in [2.75, 3.05) is 6.61 Å². The van der Waals surface area contributed by atoms with Gasteiger partial charge in [0.05, 0.1) is 6.61 Å². The van der Waals surface area contributed by atoms with Gasteiger partial charge in [-0.1, -0.05) is 12.1 Å². The standard InChI is InChI=1S/C12H17NO/c1-12(2,13)8-9-3-4-11-10(7-9)5-6-14-11/h3-4,7H,5-6,8,13H2,1-2H3. The lowest BCUT2D eigenvalue weighted by molar-refractivity contribution is 0.356. The molecule has 1 aromatic carbocycles. The first-order valence-corrected chi connectivity index (χ1v) is 5.08. The molecular weight excluding hydrogens is 174 g/mol. The largest absolute Gasteiger partial charge is 0.493 e. The van der Waals surface area contributed by atoms with Crippen LogP contribution in [0.25, 0.3) is 0 Å². The number of ether oxygens (including phenoxy) is 1. The van der Waals surface area contributed by atoms with Crippen LogP contribution < -0.4 is 10.5 Å². The van der Waals surface area contributed by atoms with E-state index in [1.807, 2.05) is 0 Å². The highest BCUT2D eigenvalue weighted by molar-refractivity contribution is 5.40. The second-order valence-corrected chi connectivity index (χ2v) is 4.71. The van der Waals surface area contributed by atoms with Crippen LogP contribution in [0.1, 0.15) is 25.0 Å². The van der Waals surface area contributed by atoms with Gasteiger partial charge in [-0.25, -0.2) is 0 Å². The lowest BCUT2D eigenvalue weighted by Crippen LogP contribution is -2.34. The highest BCUT2D eigenvalue weighted by Crippen LogP contribution is 2.26. The summed E-state index contributed by atoms with van der Waals surface area (Å²) in [5, 5.41) is 0. The van der Waals surface area contributed by atoms with Crippen molar-refractivity contribution in [1.29, 1.82) is 0 Å². The van der Waals surface area contributed by atoms with Crippen molar-refractivity contribution in [1.82, 2.24) is 0 Å². The number of hydrogen-bond acceptors (Lipinski definition) is 2. The molecule has 0 fully saturated rings. The summed E-state index contributed by atoms with van der Waals surface area (Å²) in [5.74, 6) is 1.04. The molecule has 1 aromatic rings. The SMILES string of the molecule is CC(C)(N)Cc1ccc2c(c1)CCO2. The number of nitrogens with two attached hydrogens (primary N) is 1. The van der Waals surface area contributed by atoms with Crippen LogP contribution in [0.15, 0.2) is 18.2 Å². The van der Waals surface area contributed by atoms with Crippen molar-refractivity contribution in [3.63, 3.8) is 0 Å². The van der Waals surface area contributed by atoms with Crippen LogP contribution in [0.5, 0.6) is 5.75 Å². The van der Waals surface area contributed by atoms with E-state index in [9.17, 15) is 0 Å². The second kappa shape index (κ2) is 3.28. The van der Waals surface area contributed by atoms with Gasteiger partial charge in [0.1, 0.15) is 5.75 Å². The average Bonchev–Trinajstić information content (AvgIpc) is 2.47. The Morgan fingerprint density at radius 3 is 2.93 bits per heavy atom. The van der Waals surface area contributed by atoms with Crippen LogP contribution in [0, 0.1) is 0 Å². The molecular formula is C12H17NO. The first kappa shape index (κ1) is 9.53. The van der Waals surface area contributed by atoms with Crippen molar-refractivity contribution in [3.8, 4) is 5.75 Å². The molecule has 1 heterocycles. The highest BCUT2D eigenvalue weighted by Gasteiger charge is 2.15. The molecule has 0 saturated carbocycles. The highest BCUT2D eigenvalue weighted by atomic mass is 16.5. The van der Waals surface area contributed by atoms with Gasteiger partial charge in [-0.15, -0.1) is 0 Å². The Morgan fingerprint density at radius 2 is 2.21 bits per heavy atom. The van der Waals surface area contributed by atoms with Gasteiger partial charge < -0.3 is 10.5 Å². The molecule has 2 rings (SSSR count). The summed E-state index contributed by atoms with van der Waals surface area (Å²) in [6.07, 6.45) is 1.95. The summed E-state index contributed by atoms with van der Waals surface area (Å²) < 4.78 is 5.45. The Kier molecular flexibility index (Phi) is 2.23. The summed E-state index contributed by atoms with van der Waals surface area (Å²) in [5.41, 5.74) is 8.48. The maximum absolute atomic E-state index is 5.98. The minimum absolute atomic E-state index is 0.131. The topological polar surface area (TPSA) is 35.2 Å². The van der Waals surface area contributed by atoms with E-state index >= 15 is 0 Å². The molecule has 0 aliphatic carbocycles. The van der Waals surface area contributed by atoms with E-state index in [0.717, 1.165) is 25.2 Å². The maximum atomic E-state index is 5.98. The van der Waals surface area contributed by atoms with Gasteiger partial charge in [0, 0.05) is 12.0 Å². The molecule has 0 atom stereocenters. The first-order valence-electron chi connectivity index (χ1n) is 5.08. The van der Waals surface area contributed by atoms with E-state index in [0.29, 0.717) is 0 Å². The zero-order valence-corrected chi connectivity index (χ0v) is 8.84. The van der Waals surface area contributed by atoms with Crippen LogP contribution in [-0.2, 0) is 12.8 Å². The Hall–Kier alpha value is -1.02. The average molecular weight is 191 g/mol. The van der Waals surface area contributed by atoms with E-state index in [1.54, 1.807) is 0 Å². The zero-order chi connectivity index (χ0) is 10.2. The summed E-state index contributed by atoms with van der Waals surface area (Å²) in [6.45, 7) is 4.93. The Balaban J connectivity index is 2.21. The quantitative estimate of drug-likeness (QED) is 0.775. The molecule has 0 saturated heterocycles. The zero-order valence-electron chi connectivity index (χ0n) is 8.84. The van der Waals surface area contributed by atoms with Crippen LogP contribution in [0.2, 0.25) is 0 Å². The molecule has 0 aromatic heterocycles. The Bertz CT molecular complexity index is 339. The fourth-order valence-electron chi connectivity index (χ4n) is 1.88. The smallest absolute Gasteiger partial charge is 0.122 e. The lowest BCUT2D eigenvalue weighted by atomic mass is 9.95. The minimum atomic E-state index is -0.131. The van der Waals surface area contributed by atoms with Crippen LogP contribution in [-0.4, -0.2) is 12.1 Å². The summed E-state index contributed by atoms with van der Waals surface area (Å²) in [6, 6.07) is 6.39. The number of fused-ring (bicyclic) bond motifs is 1. The van der Waals surface area contributed by atoms with E-state index in [1.165, 1.54) is 11.1 Å². The molecule has 2 heteroatoms. The van der Waals surface area contributed by atoms with E-state index < -0.39 is 0 Å². The molecule has 0 radical (unpaired) electrons. The molecule has 0 amide bonds. The number of rotatable bonds is 2. The number of hydrogen-bond donors (Lipinski definition) is 1. The fourth-order valence-corrected chi connectivity index (χ4v) is 1.88. The summed E-state index contributed by atoms with van der Waals surface area (Å²) >= 11 is 0. The third kappa shape index (κ3) is 2.07. The van der Waals surface area contributed by atoms with Crippen molar-refractivity contribution >= 4 is 0 Å². The van der Waals surface area contributed by atoms with Crippen molar-refractivity contribution in [3.05, 3.63) is 29.3 Å². The maximum Gasteiger partial charge on any atom is 0.122 e. The Labute approximate surface area is 85.1 Å². The van der Waals surface area contributed by atoms with E-state index in [4.69, 9.17) is 10.5 Å². The van der Waals surface area contributed by atoms with Crippen LogP contribution in [0.3, 0.4) is 0 Å². The van der Waals surface area contributed by atoms with E-state index in [2.05, 4.69) is 32.0 Å². The minimum Gasteiger partial charge on any atom is -0.493 e. The first-order chi connectivity index (χ1) is 6.54. The van der Waals surface area contributed by atoms with Gasteiger partial charge in [0.15, 0.2) is 0 Å². The molecule has 0 spiro atoms. The second-order valence-electron chi connectivity index (χ2n) is 4.71. The lowest BCUT2D eigenvalue weighted by Gasteiger charge is -2.18. The molecule has 1 aliphatic rings. The van der Waals surface area contributed by atoms with Gasteiger partial charge in [-0.2, -0.15) is 0 Å². The normalized spacial score (nSPS) is 15.1. The summed E-state index contributed by atoms with van der Waals surface area (Å²) in [7, 11) is 0.